The number of aliphatic imine (C=N–C) groups is 1. The predicted molar refractivity (Wildman–Crippen MR) is 47.8 cm³/mol. The molecular weight excluding hydrogens is 134 g/mol. The molecule has 1 heteroatoms. The molecule has 1 aliphatic heterocycles. The van der Waals surface area contributed by atoms with E-state index in [2.05, 4.69) is 31.0 Å². The first-order chi connectivity index (χ1) is 5.27. The van der Waals surface area contributed by atoms with E-state index in [0.717, 1.165) is 12.1 Å². The fraction of sp³-hybridized carbons (Fsp3) is 0.300. The summed E-state index contributed by atoms with van der Waals surface area (Å²) < 4.78 is 0. The molecule has 0 radical (unpaired) electrons. The average molecular weight is 145 g/mol. The maximum atomic E-state index is 4.28. The van der Waals surface area contributed by atoms with Gasteiger partial charge in [-0.25, -0.2) is 0 Å². The third-order valence-corrected chi connectivity index (χ3v) is 2.24. The molecule has 11 heavy (non-hydrogen) atoms. The van der Waals surface area contributed by atoms with Gasteiger partial charge in [0.05, 0.1) is 5.69 Å². The van der Waals surface area contributed by atoms with E-state index in [4.69, 9.17) is 0 Å². The molecule has 0 aromatic heterocycles. The summed E-state index contributed by atoms with van der Waals surface area (Å²) in [5, 5.41) is 0. The van der Waals surface area contributed by atoms with Crippen molar-refractivity contribution >= 4 is 11.9 Å². The minimum absolute atomic E-state index is 1.01. The van der Waals surface area contributed by atoms with Crippen LogP contribution in [0.15, 0.2) is 17.1 Å². The van der Waals surface area contributed by atoms with Crippen LogP contribution in [-0.2, 0) is 6.42 Å². The third-order valence-electron chi connectivity index (χ3n) is 2.24. The quantitative estimate of drug-likeness (QED) is 0.532. The second-order valence-electron chi connectivity index (χ2n) is 3.08. The van der Waals surface area contributed by atoms with E-state index in [9.17, 15) is 0 Å². The van der Waals surface area contributed by atoms with Gasteiger partial charge in [0.2, 0.25) is 0 Å². The summed E-state index contributed by atoms with van der Waals surface area (Å²) in [5.74, 6) is 0. The van der Waals surface area contributed by atoms with Gasteiger partial charge in [-0.1, -0.05) is 6.07 Å². The summed E-state index contributed by atoms with van der Waals surface area (Å²) in [5.41, 5.74) is 5.23. The Hall–Kier alpha value is -1.11. The van der Waals surface area contributed by atoms with Gasteiger partial charge in [0, 0.05) is 12.6 Å². The van der Waals surface area contributed by atoms with Gasteiger partial charge in [-0.15, -0.1) is 0 Å². The number of hydrogen-bond acceptors (Lipinski definition) is 1. The van der Waals surface area contributed by atoms with Gasteiger partial charge in [0.25, 0.3) is 0 Å². The first kappa shape index (κ1) is 6.59. The number of hydrogen-bond donors (Lipinski definition) is 0. The Morgan fingerprint density at radius 2 is 1.91 bits per heavy atom. The summed E-state index contributed by atoms with van der Waals surface area (Å²) in [6, 6.07) is 4.39. The Morgan fingerprint density at radius 3 is 2.73 bits per heavy atom. The van der Waals surface area contributed by atoms with E-state index >= 15 is 0 Å². The molecule has 1 heterocycles. The van der Waals surface area contributed by atoms with Gasteiger partial charge in [-0.3, -0.25) is 4.99 Å². The largest absolute Gasteiger partial charge is 0.261 e. The molecule has 0 atom stereocenters. The monoisotopic (exact) mass is 145 g/mol. The molecule has 2 rings (SSSR count). The van der Waals surface area contributed by atoms with Crippen LogP contribution in [0.5, 0.6) is 0 Å². The zero-order valence-corrected chi connectivity index (χ0v) is 6.89. The Kier molecular flexibility index (Phi) is 1.31. The van der Waals surface area contributed by atoms with Gasteiger partial charge >= 0.3 is 0 Å². The molecule has 1 aromatic carbocycles. The summed E-state index contributed by atoms with van der Waals surface area (Å²) in [6.07, 6.45) is 2.99. The van der Waals surface area contributed by atoms with Gasteiger partial charge in [0.15, 0.2) is 0 Å². The first-order valence-electron chi connectivity index (χ1n) is 3.90. The third kappa shape index (κ3) is 0.967. The lowest BCUT2D eigenvalue weighted by Crippen LogP contribution is -1.84. The van der Waals surface area contributed by atoms with Crippen LogP contribution in [0, 0.1) is 13.8 Å². The molecular formula is C10H11N. The lowest BCUT2D eigenvalue weighted by atomic mass is 10.0. The van der Waals surface area contributed by atoms with Gasteiger partial charge in [-0.05, 0) is 36.6 Å². The maximum absolute atomic E-state index is 4.28. The van der Waals surface area contributed by atoms with Gasteiger partial charge in [0.1, 0.15) is 0 Å². The molecule has 0 saturated carbocycles. The van der Waals surface area contributed by atoms with Crippen molar-refractivity contribution < 1.29 is 0 Å². The summed E-state index contributed by atoms with van der Waals surface area (Å²) >= 11 is 0. The van der Waals surface area contributed by atoms with E-state index in [1.54, 1.807) is 0 Å². The lowest BCUT2D eigenvalue weighted by molar-refractivity contribution is 1.29. The molecule has 1 aromatic rings. The summed E-state index contributed by atoms with van der Waals surface area (Å²) in [6.45, 7) is 4.28. The zero-order valence-electron chi connectivity index (χ0n) is 6.89. The van der Waals surface area contributed by atoms with E-state index < -0.39 is 0 Å². The van der Waals surface area contributed by atoms with Crippen LogP contribution < -0.4 is 0 Å². The second kappa shape index (κ2) is 2.19. The summed E-state index contributed by atoms with van der Waals surface area (Å²) in [4.78, 5) is 4.28. The van der Waals surface area contributed by atoms with Crippen molar-refractivity contribution in [3.05, 3.63) is 28.8 Å². The highest BCUT2D eigenvalue weighted by atomic mass is 14.7. The SMILES string of the molecule is Cc1cc2c(cc1C)N=CC2. The van der Waals surface area contributed by atoms with Gasteiger partial charge in [-0.2, -0.15) is 0 Å². The first-order valence-corrected chi connectivity index (χ1v) is 3.90. The van der Waals surface area contributed by atoms with Crippen LogP contribution in [0.2, 0.25) is 0 Å². The molecule has 0 aliphatic carbocycles. The topological polar surface area (TPSA) is 12.4 Å². The zero-order chi connectivity index (χ0) is 7.84. The van der Waals surface area contributed by atoms with Crippen LogP contribution in [0.25, 0.3) is 0 Å². The number of benzene rings is 1. The molecule has 1 aliphatic rings. The predicted octanol–water partition coefficient (Wildman–Crippen LogP) is 2.56. The van der Waals surface area contributed by atoms with Crippen molar-refractivity contribution in [2.75, 3.05) is 0 Å². The van der Waals surface area contributed by atoms with Crippen LogP contribution in [0.1, 0.15) is 16.7 Å². The van der Waals surface area contributed by atoms with Crippen LogP contribution in [0.4, 0.5) is 5.69 Å². The molecule has 0 N–H and O–H groups in total. The van der Waals surface area contributed by atoms with Gasteiger partial charge < -0.3 is 0 Å². The van der Waals surface area contributed by atoms with E-state index in [1.165, 1.54) is 16.7 Å². The van der Waals surface area contributed by atoms with Crippen LogP contribution >= 0.6 is 0 Å². The molecule has 0 unspecified atom stereocenters. The van der Waals surface area contributed by atoms with Crippen molar-refractivity contribution in [2.24, 2.45) is 4.99 Å². The molecule has 1 nitrogen and oxygen atoms in total. The number of nitrogens with zero attached hydrogens (tertiary/aromatic N) is 1. The Bertz CT molecular complexity index is 324. The highest BCUT2D eigenvalue weighted by Crippen LogP contribution is 2.26. The molecule has 0 fully saturated rings. The molecule has 0 bridgehead atoms. The Balaban J connectivity index is 2.63. The highest BCUT2D eigenvalue weighted by Gasteiger charge is 2.06. The molecule has 56 valence electrons. The van der Waals surface area contributed by atoms with Crippen molar-refractivity contribution in [1.29, 1.82) is 0 Å². The average Bonchev–Trinajstić information content (AvgIpc) is 2.36. The van der Waals surface area contributed by atoms with E-state index in [1.807, 2.05) is 6.21 Å². The van der Waals surface area contributed by atoms with E-state index in [-0.39, 0.29) is 0 Å². The Labute approximate surface area is 66.8 Å². The molecule has 0 amide bonds. The van der Waals surface area contributed by atoms with Crippen molar-refractivity contribution in [1.82, 2.24) is 0 Å². The standard InChI is InChI=1S/C10H11N/c1-7-5-9-3-4-11-10(9)6-8(7)2/h4-6H,3H2,1-2H3. The smallest absolute Gasteiger partial charge is 0.0664 e. The molecule has 0 spiro atoms. The van der Waals surface area contributed by atoms with E-state index in [0.29, 0.717) is 0 Å². The number of rotatable bonds is 0. The van der Waals surface area contributed by atoms with Crippen molar-refractivity contribution in [3.63, 3.8) is 0 Å². The summed E-state index contributed by atoms with van der Waals surface area (Å²) in [7, 11) is 0. The number of aryl methyl sites for hydroxylation is 2. The lowest BCUT2D eigenvalue weighted by Gasteiger charge is -2.02. The Morgan fingerprint density at radius 1 is 1.18 bits per heavy atom. The van der Waals surface area contributed by atoms with Crippen LogP contribution in [-0.4, -0.2) is 6.21 Å². The minimum atomic E-state index is 1.01. The fourth-order valence-corrected chi connectivity index (χ4v) is 1.39. The minimum Gasteiger partial charge on any atom is -0.261 e. The fourth-order valence-electron chi connectivity index (χ4n) is 1.39. The molecule has 0 saturated heterocycles. The van der Waals surface area contributed by atoms with Crippen molar-refractivity contribution in [3.8, 4) is 0 Å². The maximum Gasteiger partial charge on any atom is 0.0664 e. The normalized spacial score (nSPS) is 13.6. The van der Waals surface area contributed by atoms with Crippen LogP contribution in [0.3, 0.4) is 0 Å². The second-order valence-corrected chi connectivity index (χ2v) is 3.08. The highest BCUT2D eigenvalue weighted by molar-refractivity contribution is 5.76. The number of fused-ring (bicyclic) bond motifs is 1. The van der Waals surface area contributed by atoms with Crippen molar-refractivity contribution in [2.45, 2.75) is 20.3 Å².